The van der Waals surface area contributed by atoms with Gasteiger partial charge >= 0.3 is 0 Å². The number of anilines is 2. The number of aromatic nitrogens is 4. The Hall–Kier alpha value is -1.67. The number of aliphatic hydroxyl groups is 1. The average Bonchev–Trinajstić information content (AvgIpc) is 3.12. The maximum absolute atomic E-state index is 9.91. The van der Waals surface area contributed by atoms with Gasteiger partial charge < -0.3 is 14.9 Å². The smallest absolute Gasteiger partial charge is 0.238 e. The van der Waals surface area contributed by atoms with E-state index in [9.17, 15) is 5.11 Å². The van der Waals surface area contributed by atoms with Gasteiger partial charge in [0.25, 0.3) is 0 Å². The van der Waals surface area contributed by atoms with E-state index in [4.69, 9.17) is 0 Å². The van der Waals surface area contributed by atoms with Crippen molar-refractivity contribution in [2.75, 3.05) is 30.4 Å². The minimum Gasteiger partial charge on any atom is -0.387 e. The maximum Gasteiger partial charge on any atom is 0.238 e. The lowest BCUT2D eigenvalue weighted by Gasteiger charge is -2.26. The quantitative estimate of drug-likeness (QED) is 0.917. The first-order chi connectivity index (χ1) is 10.1. The van der Waals surface area contributed by atoms with Crippen molar-refractivity contribution in [3.8, 4) is 0 Å². The number of fused-ring (bicyclic) bond motifs is 1. The molecule has 0 bridgehead atoms. The molecule has 0 saturated carbocycles. The van der Waals surface area contributed by atoms with Gasteiger partial charge in [0.15, 0.2) is 0 Å². The Bertz CT molecular complexity index is 622. The second-order valence-corrected chi connectivity index (χ2v) is 6.13. The molecule has 114 valence electrons. The molecule has 0 unspecified atom stereocenters. The van der Waals surface area contributed by atoms with E-state index < -0.39 is 6.10 Å². The van der Waals surface area contributed by atoms with Crippen molar-refractivity contribution in [2.45, 2.75) is 32.5 Å². The molecule has 1 N–H and O–H groups in total. The van der Waals surface area contributed by atoms with Gasteiger partial charge in [-0.15, -0.1) is 0 Å². The Kier molecular flexibility index (Phi) is 3.81. The van der Waals surface area contributed by atoms with Gasteiger partial charge in [0.05, 0.1) is 30.6 Å². The Morgan fingerprint density at radius 1 is 1.43 bits per heavy atom. The van der Waals surface area contributed by atoms with Crippen LogP contribution < -0.4 is 9.80 Å². The Morgan fingerprint density at radius 2 is 2.24 bits per heavy atom. The van der Waals surface area contributed by atoms with Gasteiger partial charge in [-0.25, -0.2) is 0 Å². The average molecular weight is 308 g/mol. The van der Waals surface area contributed by atoms with Crippen molar-refractivity contribution in [3.63, 3.8) is 0 Å². The normalized spacial score (nSPS) is 15.9. The van der Waals surface area contributed by atoms with Gasteiger partial charge in [-0.05, 0) is 12.5 Å². The predicted molar refractivity (Wildman–Crippen MR) is 82.8 cm³/mol. The molecule has 0 aliphatic carbocycles. The topological polar surface area (TPSA) is 70.3 Å². The van der Waals surface area contributed by atoms with Gasteiger partial charge in [-0.2, -0.15) is 14.5 Å². The van der Waals surface area contributed by atoms with Crippen molar-refractivity contribution in [1.29, 1.82) is 0 Å². The monoisotopic (exact) mass is 308 g/mol. The van der Waals surface area contributed by atoms with E-state index in [1.54, 1.807) is 0 Å². The van der Waals surface area contributed by atoms with Crippen LogP contribution in [0.2, 0.25) is 0 Å². The zero-order valence-corrected chi connectivity index (χ0v) is 13.3. The van der Waals surface area contributed by atoms with E-state index in [1.165, 1.54) is 11.5 Å². The van der Waals surface area contributed by atoms with Crippen molar-refractivity contribution in [3.05, 3.63) is 17.5 Å². The summed E-state index contributed by atoms with van der Waals surface area (Å²) >= 11 is 1.42. The van der Waals surface area contributed by atoms with E-state index in [-0.39, 0.29) is 0 Å². The first kappa shape index (κ1) is 14.3. The second kappa shape index (κ2) is 5.61. The predicted octanol–water partition coefficient (Wildman–Crippen LogP) is 1.26. The minimum atomic E-state index is -0.474. The van der Waals surface area contributed by atoms with Gasteiger partial charge in [-0.3, -0.25) is 4.68 Å². The number of nitrogens with zero attached hydrogens (tertiary/aromatic N) is 6. The minimum absolute atomic E-state index is 0.474. The highest BCUT2D eigenvalue weighted by atomic mass is 32.1. The fourth-order valence-electron chi connectivity index (χ4n) is 2.34. The summed E-state index contributed by atoms with van der Waals surface area (Å²) < 4.78 is 6.33. The standard InChI is InChI=1S/C13H20N6OS/c1-4-11(20)10-7-9-8-18(5-6-19(9)15-10)13-14-12(16-21-13)17(2)3/h7,11,20H,4-6,8H2,1-3H3/t11-/m0/s1. The largest absolute Gasteiger partial charge is 0.387 e. The molecular formula is C13H20N6OS. The van der Waals surface area contributed by atoms with Gasteiger partial charge in [-0.1, -0.05) is 6.92 Å². The van der Waals surface area contributed by atoms with Crippen LogP contribution in [0.1, 0.15) is 30.8 Å². The third kappa shape index (κ3) is 2.73. The molecule has 2 aromatic heterocycles. The lowest BCUT2D eigenvalue weighted by atomic mass is 10.2. The first-order valence-electron chi connectivity index (χ1n) is 7.09. The molecule has 8 heteroatoms. The second-order valence-electron chi connectivity index (χ2n) is 5.40. The summed E-state index contributed by atoms with van der Waals surface area (Å²) in [6.07, 6.45) is 0.210. The van der Waals surface area contributed by atoms with Crippen molar-refractivity contribution >= 4 is 22.6 Å². The molecule has 0 amide bonds. The molecule has 7 nitrogen and oxygen atoms in total. The van der Waals surface area contributed by atoms with E-state index in [0.717, 1.165) is 42.1 Å². The maximum atomic E-state index is 9.91. The van der Waals surface area contributed by atoms with Crippen LogP contribution in [-0.4, -0.2) is 44.9 Å². The van der Waals surface area contributed by atoms with Crippen molar-refractivity contribution in [1.82, 2.24) is 19.1 Å². The molecule has 1 aliphatic heterocycles. The first-order valence-corrected chi connectivity index (χ1v) is 7.86. The third-order valence-electron chi connectivity index (χ3n) is 3.62. The van der Waals surface area contributed by atoms with Crippen LogP contribution in [-0.2, 0) is 13.1 Å². The lowest BCUT2D eigenvalue weighted by molar-refractivity contribution is 0.168. The Labute approximate surface area is 128 Å². The van der Waals surface area contributed by atoms with Gasteiger partial charge in [0, 0.05) is 32.2 Å². The van der Waals surface area contributed by atoms with Gasteiger partial charge in [0.1, 0.15) is 0 Å². The van der Waals surface area contributed by atoms with E-state index >= 15 is 0 Å². The fraction of sp³-hybridized carbons (Fsp3) is 0.615. The molecule has 2 aromatic rings. The number of hydrogen-bond donors (Lipinski definition) is 1. The van der Waals surface area contributed by atoms with Crippen LogP contribution >= 0.6 is 11.5 Å². The third-order valence-corrected chi connectivity index (χ3v) is 4.39. The molecule has 1 aliphatic rings. The summed E-state index contributed by atoms with van der Waals surface area (Å²) in [5.41, 5.74) is 1.88. The molecule has 1 atom stereocenters. The van der Waals surface area contributed by atoms with Crippen LogP contribution in [0.5, 0.6) is 0 Å². The van der Waals surface area contributed by atoms with Crippen LogP contribution in [0.15, 0.2) is 6.07 Å². The lowest BCUT2D eigenvalue weighted by Crippen LogP contribution is -2.33. The molecule has 21 heavy (non-hydrogen) atoms. The SMILES string of the molecule is CC[C@H](O)c1cc2n(n1)CCN(c1nc(N(C)C)ns1)C2. The van der Waals surface area contributed by atoms with E-state index in [2.05, 4.69) is 19.4 Å². The Morgan fingerprint density at radius 3 is 2.90 bits per heavy atom. The molecule has 3 heterocycles. The molecule has 0 spiro atoms. The molecule has 0 saturated heterocycles. The van der Waals surface area contributed by atoms with Crippen LogP contribution in [0, 0.1) is 0 Å². The summed E-state index contributed by atoms with van der Waals surface area (Å²) in [5, 5.41) is 15.3. The summed E-state index contributed by atoms with van der Waals surface area (Å²) in [4.78, 5) is 8.66. The van der Waals surface area contributed by atoms with Crippen molar-refractivity contribution < 1.29 is 5.11 Å². The molecule has 3 rings (SSSR count). The molecule has 0 radical (unpaired) electrons. The summed E-state index contributed by atoms with van der Waals surface area (Å²) in [6.45, 7) is 4.38. The van der Waals surface area contributed by atoms with Crippen LogP contribution in [0.4, 0.5) is 11.1 Å². The van der Waals surface area contributed by atoms with E-state index in [1.807, 2.05) is 36.7 Å². The highest BCUT2D eigenvalue weighted by molar-refractivity contribution is 7.09. The van der Waals surface area contributed by atoms with Crippen molar-refractivity contribution in [2.24, 2.45) is 0 Å². The molecule has 0 aromatic carbocycles. The van der Waals surface area contributed by atoms with Crippen LogP contribution in [0.3, 0.4) is 0 Å². The number of aliphatic hydroxyl groups excluding tert-OH is 1. The number of rotatable bonds is 4. The number of hydrogen-bond acceptors (Lipinski definition) is 7. The summed E-state index contributed by atoms with van der Waals surface area (Å²) in [5.74, 6) is 0.746. The van der Waals surface area contributed by atoms with Crippen LogP contribution in [0.25, 0.3) is 0 Å². The highest BCUT2D eigenvalue weighted by Crippen LogP contribution is 2.26. The van der Waals surface area contributed by atoms with E-state index in [0.29, 0.717) is 6.42 Å². The molecule has 0 fully saturated rings. The highest BCUT2D eigenvalue weighted by Gasteiger charge is 2.23. The molecular weight excluding hydrogens is 288 g/mol. The summed E-state index contributed by atoms with van der Waals surface area (Å²) in [7, 11) is 3.88. The van der Waals surface area contributed by atoms with Gasteiger partial charge in [0.2, 0.25) is 11.1 Å². The summed E-state index contributed by atoms with van der Waals surface area (Å²) in [6, 6.07) is 1.99. The zero-order valence-electron chi connectivity index (χ0n) is 12.5. The Balaban J connectivity index is 1.78. The fourth-order valence-corrected chi connectivity index (χ4v) is 3.10. The zero-order chi connectivity index (χ0) is 15.0.